The van der Waals surface area contributed by atoms with E-state index >= 15 is 0 Å². The third-order valence-corrected chi connectivity index (χ3v) is 12.8. The number of rotatable bonds is 11. The summed E-state index contributed by atoms with van der Waals surface area (Å²) in [5.41, 5.74) is 4.78. The summed E-state index contributed by atoms with van der Waals surface area (Å²) < 4.78 is 125. The fourth-order valence-electron chi connectivity index (χ4n) is 5.35. The molecule has 0 unspecified atom stereocenters. The first kappa shape index (κ1) is 44.7. The largest absolute Gasteiger partial charge is 0.744 e. The van der Waals surface area contributed by atoms with Gasteiger partial charge in [0.15, 0.2) is 0 Å². The Morgan fingerprint density at radius 1 is 0.559 bits per heavy atom. The third kappa shape index (κ3) is 13.3. The van der Waals surface area contributed by atoms with Gasteiger partial charge in [-0.15, -0.1) is 12.6 Å². The van der Waals surface area contributed by atoms with E-state index in [4.69, 9.17) is 12.6 Å². The van der Waals surface area contributed by atoms with Gasteiger partial charge in [0, 0.05) is 33.6 Å². The molecule has 1 aromatic heterocycles. The van der Waals surface area contributed by atoms with Crippen LogP contribution in [0.15, 0.2) is 183 Å². The first-order valence-electron chi connectivity index (χ1n) is 16.7. The van der Waals surface area contributed by atoms with Crippen LogP contribution in [0, 0.1) is 0 Å². The van der Waals surface area contributed by atoms with Gasteiger partial charge < -0.3 is 4.55 Å². The zero-order valence-corrected chi connectivity index (χ0v) is 35.0. The van der Waals surface area contributed by atoms with Gasteiger partial charge in [-0.25, -0.2) is 8.42 Å². The highest BCUT2D eigenvalue weighted by Gasteiger charge is 2.18. The van der Waals surface area contributed by atoms with Crippen LogP contribution in [-0.2, 0) is 41.0 Å². The van der Waals surface area contributed by atoms with Crippen molar-refractivity contribution >= 4 is 80.6 Å². The molecule has 2 N–H and O–H groups in total. The van der Waals surface area contributed by atoms with E-state index in [1.165, 1.54) is 48.2 Å². The summed E-state index contributed by atoms with van der Waals surface area (Å²) in [7, 11) is -16.4. The van der Waals surface area contributed by atoms with Gasteiger partial charge in [0.05, 0.1) is 14.7 Å². The second-order valence-corrected chi connectivity index (χ2v) is 18.9. The van der Waals surface area contributed by atoms with Gasteiger partial charge in [-0.1, -0.05) is 96.7 Å². The molecule has 302 valence electrons. The molecule has 1 aliphatic heterocycles. The first-order chi connectivity index (χ1) is 27.9. The molecule has 2 heterocycles. The van der Waals surface area contributed by atoms with Gasteiger partial charge in [-0.3, -0.25) is 9.11 Å². The maximum Gasteiger partial charge on any atom is 0.425 e. The summed E-state index contributed by atoms with van der Waals surface area (Å²) in [4.78, 5) is 2.80. The van der Waals surface area contributed by atoms with Crippen molar-refractivity contribution in [2.75, 3.05) is 0 Å². The van der Waals surface area contributed by atoms with Gasteiger partial charge in [0.2, 0.25) is 21.1 Å². The fraction of sp³-hybridized carbons (Fsp3) is 0. The first-order valence-corrected chi connectivity index (χ1v) is 23.6. The summed E-state index contributed by atoms with van der Waals surface area (Å²) in [6.07, 6.45) is 17.0. The van der Waals surface area contributed by atoms with E-state index in [-0.39, 0.29) is 14.7 Å². The SMILES string of the molecule is O=S(=O)([O-])c1ccc(-c2cc(/C=C/C=C/C=C/C=C3\C=C(c4ccc(S(=O)(=O)O)cc4)C=C(c4ccc(S(=O)(=O)O)cc4)S3)[s+]c(-c3ccccc3)c2)cc1.O=S(=O)=O. The van der Waals surface area contributed by atoms with Gasteiger partial charge in [-0.2, -0.15) is 16.8 Å². The maximum atomic E-state index is 11.6. The highest BCUT2D eigenvalue weighted by atomic mass is 32.2. The van der Waals surface area contributed by atoms with E-state index in [0.717, 1.165) is 41.8 Å². The maximum absolute atomic E-state index is 11.6. The zero-order chi connectivity index (χ0) is 42.8. The lowest BCUT2D eigenvalue weighted by molar-refractivity contribution is 0.462. The number of thioether (sulfide) groups is 1. The van der Waals surface area contributed by atoms with Crippen molar-refractivity contribution in [3.8, 4) is 21.6 Å². The van der Waals surface area contributed by atoms with Crippen LogP contribution in [0.2, 0.25) is 0 Å². The molecule has 0 saturated carbocycles. The molecule has 0 saturated heterocycles. The van der Waals surface area contributed by atoms with Gasteiger partial charge >= 0.3 is 10.6 Å². The summed E-state index contributed by atoms with van der Waals surface area (Å²) in [6.45, 7) is 0. The second kappa shape index (κ2) is 19.6. The third-order valence-electron chi connectivity index (χ3n) is 8.05. The molecular formula is C41H30O12S6. The van der Waals surface area contributed by atoms with Gasteiger partial charge in [-0.05, 0) is 94.6 Å². The van der Waals surface area contributed by atoms with Crippen LogP contribution >= 0.6 is 23.1 Å². The van der Waals surface area contributed by atoms with Crippen molar-refractivity contribution in [3.05, 3.63) is 185 Å². The van der Waals surface area contributed by atoms with Crippen molar-refractivity contribution in [2.24, 2.45) is 0 Å². The fourth-order valence-corrected chi connectivity index (χ4v) is 8.83. The smallest absolute Gasteiger partial charge is 0.425 e. The van der Waals surface area contributed by atoms with Crippen molar-refractivity contribution in [1.82, 2.24) is 0 Å². The minimum atomic E-state index is -4.56. The van der Waals surface area contributed by atoms with Crippen LogP contribution in [0.3, 0.4) is 0 Å². The molecular weight excluding hydrogens is 877 g/mol. The molecule has 59 heavy (non-hydrogen) atoms. The van der Waals surface area contributed by atoms with Crippen molar-refractivity contribution < 1.29 is 51.5 Å². The molecule has 0 fully saturated rings. The topological polar surface area (TPSA) is 217 Å². The Bertz CT molecular complexity index is 2980. The van der Waals surface area contributed by atoms with Crippen molar-refractivity contribution in [2.45, 2.75) is 14.7 Å². The average Bonchev–Trinajstić information content (AvgIpc) is 3.19. The molecule has 5 aromatic rings. The van der Waals surface area contributed by atoms with Gasteiger partial charge in [0.25, 0.3) is 20.2 Å². The summed E-state index contributed by atoms with van der Waals surface area (Å²) in [5.74, 6) is 0. The Kier molecular flexibility index (Phi) is 14.8. The highest BCUT2D eigenvalue weighted by molar-refractivity contribution is 8.12. The average molecular weight is 907 g/mol. The molecule has 0 atom stereocenters. The number of hydrogen-bond donors (Lipinski definition) is 2. The van der Waals surface area contributed by atoms with E-state index in [9.17, 15) is 38.9 Å². The number of allylic oxidation sites excluding steroid dienone is 9. The lowest BCUT2D eigenvalue weighted by Crippen LogP contribution is -1.99. The Morgan fingerprint density at radius 2 is 1.07 bits per heavy atom. The van der Waals surface area contributed by atoms with Gasteiger partial charge in [0.1, 0.15) is 10.1 Å². The molecule has 6 rings (SSSR count). The monoisotopic (exact) mass is 906 g/mol. The van der Waals surface area contributed by atoms with Crippen LogP contribution in [0.25, 0.3) is 38.1 Å². The molecule has 18 heteroatoms. The van der Waals surface area contributed by atoms with Crippen LogP contribution in [0.4, 0.5) is 0 Å². The van der Waals surface area contributed by atoms with E-state index in [1.807, 2.05) is 97.1 Å². The normalized spacial score (nSPS) is 14.3. The van der Waals surface area contributed by atoms with Crippen LogP contribution in [0.1, 0.15) is 16.0 Å². The van der Waals surface area contributed by atoms with E-state index < -0.39 is 41.0 Å². The van der Waals surface area contributed by atoms with Crippen LogP contribution < -0.4 is 0 Å². The lowest BCUT2D eigenvalue weighted by Gasteiger charge is -2.17. The molecule has 1 aliphatic rings. The van der Waals surface area contributed by atoms with Crippen LogP contribution in [0.5, 0.6) is 0 Å². The minimum Gasteiger partial charge on any atom is -0.744 e. The Morgan fingerprint density at radius 3 is 1.63 bits per heavy atom. The van der Waals surface area contributed by atoms with E-state index in [1.54, 1.807) is 47.7 Å². The second-order valence-electron chi connectivity index (χ2n) is 12.1. The zero-order valence-electron chi connectivity index (χ0n) is 30.1. The Hall–Kier alpha value is -5.41. The van der Waals surface area contributed by atoms with E-state index in [2.05, 4.69) is 0 Å². The molecule has 0 aliphatic carbocycles. The molecule has 12 nitrogen and oxygen atoms in total. The summed E-state index contributed by atoms with van der Waals surface area (Å²) in [5, 5.41) is 0. The lowest BCUT2D eigenvalue weighted by atomic mass is 10.0. The predicted octanol–water partition coefficient (Wildman–Crippen LogP) is 8.64. The molecule has 0 radical (unpaired) electrons. The molecule has 0 bridgehead atoms. The quantitative estimate of drug-likeness (QED) is 0.0722. The summed E-state index contributed by atoms with van der Waals surface area (Å²) in [6, 6.07) is 31.3. The Labute approximate surface area is 351 Å². The summed E-state index contributed by atoms with van der Waals surface area (Å²) >= 11 is 3.02. The standard InChI is InChI=1S/C41H30O9S5.O3S/c42-53(43,44)37-19-13-29(14-20-37)33-25-35(51-40(27-33)31-9-5-4-6-10-31)11-7-2-1-3-8-12-36-26-34(30-15-21-38(22-16-30)54(45,46)47)28-41(52-36)32-17-23-39(24-18-32)55(48,49)50;1-4(2)3/h1-28H,(H2-,42,43,44,45,46,47,48,49,50);. The Balaban J connectivity index is 0.00000158. The van der Waals surface area contributed by atoms with Crippen molar-refractivity contribution in [3.63, 3.8) is 0 Å². The predicted molar refractivity (Wildman–Crippen MR) is 229 cm³/mol. The highest BCUT2D eigenvalue weighted by Crippen LogP contribution is 2.42. The molecule has 4 aromatic carbocycles. The number of hydrogen-bond acceptors (Lipinski definition) is 11. The molecule has 0 spiro atoms. The van der Waals surface area contributed by atoms with Crippen molar-refractivity contribution in [1.29, 1.82) is 0 Å². The minimum absolute atomic E-state index is 0.232. The number of benzene rings is 4. The van der Waals surface area contributed by atoms with E-state index in [0.29, 0.717) is 11.1 Å². The molecule has 0 amide bonds. The van der Waals surface area contributed by atoms with Crippen LogP contribution in [-0.4, -0.2) is 51.5 Å².